The quantitative estimate of drug-likeness (QED) is 0.915. The van der Waals surface area contributed by atoms with Crippen molar-refractivity contribution in [1.29, 1.82) is 0 Å². The second-order valence-corrected chi connectivity index (χ2v) is 6.01. The molecule has 0 fully saturated rings. The fourth-order valence-electron chi connectivity index (χ4n) is 2.41. The molecule has 3 nitrogen and oxygen atoms in total. The molecular formula is C16H19NO2S. The second kappa shape index (κ2) is 6.29. The normalized spacial score (nSPS) is 15.1. The van der Waals surface area contributed by atoms with E-state index in [1.807, 2.05) is 29.5 Å². The number of nitrogens with two attached hydrogens (primary N) is 1. The zero-order valence-electron chi connectivity index (χ0n) is 11.4. The third kappa shape index (κ3) is 3.14. The minimum absolute atomic E-state index is 0.0609. The molecule has 2 aromatic rings. The van der Waals surface area contributed by atoms with E-state index in [0.717, 1.165) is 36.3 Å². The van der Waals surface area contributed by atoms with Crippen molar-refractivity contribution < 1.29 is 9.47 Å². The number of fused-ring (bicyclic) bond motifs is 1. The first kappa shape index (κ1) is 13.5. The summed E-state index contributed by atoms with van der Waals surface area (Å²) in [5, 5.41) is 2.12. The molecule has 1 unspecified atom stereocenters. The van der Waals surface area contributed by atoms with Crippen LogP contribution >= 0.6 is 11.3 Å². The van der Waals surface area contributed by atoms with Gasteiger partial charge in [0, 0.05) is 10.9 Å². The molecular weight excluding hydrogens is 270 g/mol. The molecule has 20 heavy (non-hydrogen) atoms. The molecule has 1 aromatic heterocycles. The highest BCUT2D eigenvalue weighted by atomic mass is 32.1. The summed E-state index contributed by atoms with van der Waals surface area (Å²) >= 11 is 1.81. The minimum Gasteiger partial charge on any atom is -0.486 e. The summed E-state index contributed by atoms with van der Waals surface area (Å²) in [6.45, 7) is 1.24. The lowest BCUT2D eigenvalue weighted by molar-refractivity contribution is 0.171. The van der Waals surface area contributed by atoms with Gasteiger partial charge in [0.15, 0.2) is 11.5 Å². The highest BCUT2D eigenvalue weighted by molar-refractivity contribution is 7.09. The van der Waals surface area contributed by atoms with Crippen molar-refractivity contribution in [2.45, 2.75) is 25.3 Å². The molecule has 0 aliphatic carbocycles. The van der Waals surface area contributed by atoms with E-state index in [2.05, 4.69) is 17.5 Å². The first-order valence-electron chi connectivity index (χ1n) is 7.00. The summed E-state index contributed by atoms with van der Waals surface area (Å²) < 4.78 is 11.1. The molecule has 0 amide bonds. The van der Waals surface area contributed by atoms with Gasteiger partial charge in [0.25, 0.3) is 0 Å². The Balaban J connectivity index is 1.57. The summed E-state index contributed by atoms with van der Waals surface area (Å²) in [6.07, 6.45) is 3.20. The van der Waals surface area contributed by atoms with Gasteiger partial charge in [-0.3, -0.25) is 0 Å². The van der Waals surface area contributed by atoms with E-state index < -0.39 is 0 Å². The Kier molecular flexibility index (Phi) is 4.23. The largest absolute Gasteiger partial charge is 0.486 e. The van der Waals surface area contributed by atoms with Gasteiger partial charge in [-0.15, -0.1) is 11.3 Å². The molecule has 106 valence electrons. The van der Waals surface area contributed by atoms with Crippen molar-refractivity contribution in [3.05, 3.63) is 46.2 Å². The van der Waals surface area contributed by atoms with Crippen LogP contribution in [-0.2, 0) is 6.42 Å². The van der Waals surface area contributed by atoms with Gasteiger partial charge in [-0.25, -0.2) is 0 Å². The van der Waals surface area contributed by atoms with Gasteiger partial charge in [-0.2, -0.15) is 0 Å². The van der Waals surface area contributed by atoms with Crippen molar-refractivity contribution in [2.24, 2.45) is 5.73 Å². The molecule has 0 bridgehead atoms. The third-order valence-electron chi connectivity index (χ3n) is 3.51. The van der Waals surface area contributed by atoms with Crippen LogP contribution in [-0.4, -0.2) is 13.2 Å². The molecule has 0 radical (unpaired) electrons. The molecule has 2 heterocycles. The van der Waals surface area contributed by atoms with Crippen molar-refractivity contribution in [1.82, 2.24) is 0 Å². The number of aryl methyl sites for hydroxylation is 1. The van der Waals surface area contributed by atoms with Crippen LogP contribution in [0.4, 0.5) is 0 Å². The number of benzene rings is 1. The maximum absolute atomic E-state index is 6.27. The van der Waals surface area contributed by atoms with E-state index >= 15 is 0 Å². The molecule has 0 saturated carbocycles. The molecule has 1 atom stereocenters. The van der Waals surface area contributed by atoms with Crippen molar-refractivity contribution in [2.75, 3.05) is 13.2 Å². The van der Waals surface area contributed by atoms with Crippen LogP contribution in [0.1, 0.15) is 29.3 Å². The zero-order valence-corrected chi connectivity index (χ0v) is 12.2. The number of hydrogen-bond donors (Lipinski definition) is 1. The Bertz CT molecular complexity index is 554. The SMILES string of the molecule is NC(CCCc1cccs1)c1ccc2c(c1)OCCO2. The fraction of sp³-hybridized carbons (Fsp3) is 0.375. The smallest absolute Gasteiger partial charge is 0.161 e. The Morgan fingerprint density at radius 1 is 1.15 bits per heavy atom. The van der Waals surface area contributed by atoms with Gasteiger partial charge < -0.3 is 15.2 Å². The first-order chi connectivity index (χ1) is 9.83. The van der Waals surface area contributed by atoms with Crippen LogP contribution < -0.4 is 15.2 Å². The number of hydrogen-bond acceptors (Lipinski definition) is 4. The standard InChI is InChI=1S/C16H19NO2S/c17-14(5-1-3-13-4-2-10-20-13)12-6-7-15-16(11-12)19-9-8-18-15/h2,4,6-7,10-11,14H,1,3,5,8-9,17H2. The molecule has 3 rings (SSSR count). The predicted octanol–water partition coefficient (Wildman–Crippen LogP) is 3.54. The van der Waals surface area contributed by atoms with Gasteiger partial charge in [-0.1, -0.05) is 12.1 Å². The Morgan fingerprint density at radius 2 is 2.00 bits per heavy atom. The predicted molar refractivity (Wildman–Crippen MR) is 81.6 cm³/mol. The van der Waals surface area contributed by atoms with Gasteiger partial charge in [0.2, 0.25) is 0 Å². The summed E-state index contributed by atoms with van der Waals surface area (Å²) in [5.41, 5.74) is 7.40. The van der Waals surface area contributed by atoms with Crippen LogP contribution in [0.2, 0.25) is 0 Å². The maximum Gasteiger partial charge on any atom is 0.161 e. The Labute approximate surface area is 123 Å². The van der Waals surface area contributed by atoms with Crippen LogP contribution in [0, 0.1) is 0 Å². The average molecular weight is 289 g/mol. The van der Waals surface area contributed by atoms with E-state index in [1.54, 1.807) is 0 Å². The molecule has 4 heteroatoms. The van der Waals surface area contributed by atoms with Crippen LogP contribution in [0.3, 0.4) is 0 Å². The maximum atomic E-state index is 6.27. The lowest BCUT2D eigenvalue weighted by Crippen LogP contribution is -2.16. The van der Waals surface area contributed by atoms with E-state index in [1.165, 1.54) is 4.88 Å². The average Bonchev–Trinajstić information content (AvgIpc) is 3.00. The summed E-state index contributed by atoms with van der Waals surface area (Å²) in [6, 6.07) is 10.4. The van der Waals surface area contributed by atoms with E-state index in [9.17, 15) is 0 Å². The highest BCUT2D eigenvalue weighted by Crippen LogP contribution is 2.33. The third-order valence-corrected chi connectivity index (χ3v) is 4.45. The minimum atomic E-state index is 0.0609. The molecule has 1 aliphatic heterocycles. The van der Waals surface area contributed by atoms with Gasteiger partial charge >= 0.3 is 0 Å². The molecule has 0 spiro atoms. The van der Waals surface area contributed by atoms with Gasteiger partial charge in [-0.05, 0) is 48.4 Å². The number of ether oxygens (including phenoxy) is 2. The van der Waals surface area contributed by atoms with Crippen molar-refractivity contribution >= 4 is 11.3 Å². The van der Waals surface area contributed by atoms with Gasteiger partial charge in [0.05, 0.1) is 0 Å². The van der Waals surface area contributed by atoms with E-state index in [0.29, 0.717) is 13.2 Å². The van der Waals surface area contributed by atoms with Crippen molar-refractivity contribution in [3.8, 4) is 11.5 Å². The monoisotopic (exact) mass is 289 g/mol. The number of thiophene rings is 1. The van der Waals surface area contributed by atoms with Crippen molar-refractivity contribution in [3.63, 3.8) is 0 Å². The lowest BCUT2D eigenvalue weighted by atomic mass is 10.0. The second-order valence-electron chi connectivity index (χ2n) is 4.98. The van der Waals surface area contributed by atoms with E-state index in [-0.39, 0.29) is 6.04 Å². The number of rotatable bonds is 5. The van der Waals surface area contributed by atoms with E-state index in [4.69, 9.17) is 15.2 Å². The molecule has 2 N–H and O–H groups in total. The van der Waals surface area contributed by atoms with Gasteiger partial charge in [0.1, 0.15) is 13.2 Å². The Hall–Kier alpha value is -1.52. The summed E-state index contributed by atoms with van der Waals surface area (Å²) in [5.74, 6) is 1.65. The molecule has 1 aromatic carbocycles. The lowest BCUT2D eigenvalue weighted by Gasteiger charge is -2.20. The van der Waals surface area contributed by atoms with Crippen LogP contribution in [0.15, 0.2) is 35.7 Å². The van der Waals surface area contributed by atoms with Crippen LogP contribution in [0.25, 0.3) is 0 Å². The van der Waals surface area contributed by atoms with Crippen LogP contribution in [0.5, 0.6) is 11.5 Å². The Morgan fingerprint density at radius 3 is 2.80 bits per heavy atom. The topological polar surface area (TPSA) is 44.5 Å². The summed E-state index contributed by atoms with van der Waals surface area (Å²) in [7, 11) is 0. The zero-order chi connectivity index (χ0) is 13.8. The molecule has 0 saturated heterocycles. The fourth-order valence-corrected chi connectivity index (χ4v) is 3.16. The molecule has 1 aliphatic rings. The highest BCUT2D eigenvalue weighted by Gasteiger charge is 2.14. The first-order valence-corrected chi connectivity index (χ1v) is 7.88. The summed E-state index contributed by atoms with van der Waals surface area (Å²) in [4.78, 5) is 1.43.